The van der Waals surface area contributed by atoms with Crippen LogP contribution < -0.4 is 11.1 Å². The highest BCUT2D eigenvalue weighted by Crippen LogP contribution is 2.18. The van der Waals surface area contributed by atoms with Crippen molar-refractivity contribution in [2.24, 2.45) is 5.73 Å². The zero-order chi connectivity index (χ0) is 12.4. The van der Waals surface area contributed by atoms with E-state index in [0.717, 1.165) is 25.2 Å². The maximum absolute atomic E-state index is 13.3. The number of anilines is 1. The first-order valence-corrected chi connectivity index (χ1v) is 5.60. The zero-order valence-electron chi connectivity index (χ0n) is 9.74. The van der Waals surface area contributed by atoms with Gasteiger partial charge in [-0.3, -0.25) is 4.79 Å². The van der Waals surface area contributed by atoms with Gasteiger partial charge in [-0.15, -0.1) is 0 Å². The molecule has 0 bridgehead atoms. The second-order valence-corrected chi connectivity index (χ2v) is 4.45. The lowest BCUT2D eigenvalue weighted by atomic mass is 10.1. The summed E-state index contributed by atoms with van der Waals surface area (Å²) < 4.78 is 13.3. The molecule has 92 valence electrons. The van der Waals surface area contributed by atoms with Crippen molar-refractivity contribution in [1.29, 1.82) is 0 Å². The van der Waals surface area contributed by atoms with Crippen molar-refractivity contribution in [2.75, 3.05) is 25.5 Å². The second-order valence-electron chi connectivity index (χ2n) is 4.45. The fourth-order valence-corrected chi connectivity index (χ4v) is 2.09. The standard InChI is InChI=1S/C12H16FN3O/c1-16-5-4-9(7-16)15-8-2-3-11(13)10(6-8)12(14)17/h2-3,6,9,15H,4-5,7H2,1H3,(H2,14,17). The van der Waals surface area contributed by atoms with E-state index in [0.29, 0.717) is 6.04 Å². The van der Waals surface area contributed by atoms with Crippen LogP contribution in [0.15, 0.2) is 18.2 Å². The SMILES string of the molecule is CN1CCC(Nc2ccc(F)c(C(N)=O)c2)C1. The number of carbonyl (C=O) groups is 1. The van der Waals surface area contributed by atoms with E-state index in [4.69, 9.17) is 5.73 Å². The summed E-state index contributed by atoms with van der Waals surface area (Å²) in [4.78, 5) is 13.2. The van der Waals surface area contributed by atoms with Crippen LogP contribution in [0.25, 0.3) is 0 Å². The number of benzene rings is 1. The first-order valence-electron chi connectivity index (χ1n) is 5.60. The average Bonchev–Trinajstić information content (AvgIpc) is 2.66. The summed E-state index contributed by atoms with van der Waals surface area (Å²) >= 11 is 0. The van der Waals surface area contributed by atoms with E-state index < -0.39 is 11.7 Å². The predicted octanol–water partition coefficient (Wildman–Crippen LogP) is 1.04. The number of likely N-dealkylation sites (tertiary alicyclic amines) is 1. The first kappa shape index (κ1) is 11.9. The molecule has 1 unspecified atom stereocenters. The number of rotatable bonds is 3. The number of primary amides is 1. The lowest BCUT2D eigenvalue weighted by Gasteiger charge is -2.14. The molecule has 5 heteroatoms. The van der Waals surface area contributed by atoms with Crippen molar-refractivity contribution in [3.05, 3.63) is 29.6 Å². The molecule has 1 aromatic carbocycles. The molecule has 0 aromatic heterocycles. The Morgan fingerprint density at radius 3 is 2.94 bits per heavy atom. The average molecular weight is 237 g/mol. The van der Waals surface area contributed by atoms with Gasteiger partial charge in [0.2, 0.25) is 0 Å². The van der Waals surface area contributed by atoms with Crippen LogP contribution in [0.4, 0.5) is 10.1 Å². The summed E-state index contributed by atoms with van der Waals surface area (Å²) in [6, 6.07) is 4.70. The Bertz CT molecular complexity index is 436. The van der Waals surface area contributed by atoms with Gasteiger partial charge in [0.15, 0.2) is 0 Å². The molecule has 1 atom stereocenters. The zero-order valence-corrected chi connectivity index (χ0v) is 9.74. The minimum atomic E-state index is -0.741. The van der Waals surface area contributed by atoms with Crippen LogP contribution in [-0.2, 0) is 0 Å². The second kappa shape index (κ2) is 4.71. The molecule has 0 aliphatic carbocycles. The number of hydrogen-bond donors (Lipinski definition) is 2. The van der Waals surface area contributed by atoms with Crippen LogP contribution in [0.1, 0.15) is 16.8 Å². The van der Waals surface area contributed by atoms with Crippen LogP contribution in [0.5, 0.6) is 0 Å². The van der Waals surface area contributed by atoms with Gasteiger partial charge >= 0.3 is 0 Å². The van der Waals surface area contributed by atoms with Crippen molar-refractivity contribution < 1.29 is 9.18 Å². The fourth-order valence-electron chi connectivity index (χ4n) is 2.09. The number of nitrogens with two attached hydrogens (primary N) is 1. The smallest absolute Gasteiger partial charge is 0.251 e. The minimum absolute atomic E-state index is 0.0682. The molecule has 1 aliphatic rings. The van der Waals surface area contributed by atoms with Gasteiger partial charge in [-0.25, -0.2) is 4.39 Å². The third-order valence-electron chi connectivity index (χ3n) is 2.99. The number of likely N-dealkylation sites (N-methyl/N-ethyl adjacent to an activating group) is 1. The summed E-state index contributed by atoms with van der Waals surface area (Å²) in [5.74, 6) is -1.32. The van der Waals surface area contributed by atoms with Crippen molar-refractivity contribution in [3.8, 4) is 0 Å². The molecule has 1 saturated heterocycles. The quantitative estimate of drug-likeness (QED) is 0.825. The highest BCUT2D eigenvalue weighted by molar-refractivity contribution is 5.94. The summed E-state index contributed by atoms with van der Waals surface area (Å²) in [7, 11) is 2.06. The Labute approximate surface area is 99.6 Å². The van der Waals surface area contributed by atoms with E-state index in [1.54, 1.807) is 6.07 Å². The molecule has 3 N–H and O–H groups in total. The van der Waals surface area contributed by atoms with Gasteiger partial charge in [0.25, 0.3) is 5.91 Å². The summed E-state index contributed by atoms with van der Waals surface area (Å²) in [6.45, 7) is 1.99. The molecule has 1 amide bonds. The molecular weight excluding hydrogens is 221 g/mol. The molecule has 1 aliphatic heterocycles. The maximum atomic E-state index is 13.3. The third-order valence-corrected chi connectivity index (χ3v) is 2.99. The van der Waals surface area contributed by atoms with E-state index >= 15 is 0 Å². The molecule has 1 aromatic rings. The normalized spacial score (nSPS) is 20.5. The molecule has 4 nitrogen and oxygen atoms in total. The Balaban J connectivity index is 2.11. The van der Waals surface area contributed by atoms with E-state index in [-0.39, 0.29) is 5.56 Å². The fraction of sp³-hybridized carbons (Fsp3) is 0.417. The lowest BCUT2D eigenvalue weighted by Crippen LogP contribution is -2.24. The van der Waals surface area contributed by atoms with Crippen LogP contribution in [0.2, 0.25) is 0 Å². The molecular formula is C12H16FN3O. The van der Waals surface area contributed by atoms with Gasteiger partial charge in [-0.2, -0.15) is 0 Å². The Hall–Kier alpha value is -1.62. The van der Waals surface area contributed by atoms with Gasteiger partial charge in [-0.05, 0) is 38.2 Å². The molecule has 0 radical (unpaired) electrons. The number of hydrogen-bond acceptors (Lipinski definition) is 3. The summed E-state index contributed by atoms with van der Waals surface area (Å²) in [5.41, 5.74) is 5.77. The molecule has 2 rings (SSSR count). The number of nitrogens with zero attached hydrogens (tertiary/aromatic N) is 1. The first-order chi connectivity index (χ1) is 8.06. The summed E-state index contributed by atoms with van der Waals surface area (Å²) in [5, 5.41) is 3.28. The van der Waals surface area contributed by atoms with Crippen molar-refractivity contribution in [3.63, 3.8) is 0 Å². The maximum Gasteiger partial charge on any atom is 0.251 e. The van der Waals surface area contributed by atoms with Gasteiger partial charge in [-0.1, -0.05) is 0 Å². The molecule has 1 fully saturated rings. The van der Waals surface area contributed by atoms with E-state index in [2.05, 4.69) is 17.3 Å². The minimum Gasteiger partial charge on any atom is -0.381 e. The number of halogens is 1. The van der Waals surface area contributed by atoms with E-state index in [9.17, 15) is 9.18 Å². The molecule has 1 heterocycles. The van der Waals surface area contributed by atoms with Crippen molar-refractivity contribution in [1.82, 2.24) is 4.90 Å². The molecule has 0 saturated carbocycles. The van der Waals surface area contributed by atoms with Gasteiger partial charge in [0.05, 0.1) is 5.56 Å². The van der Waals surface area contributed by atoms with E-state index in [1.807, 2.05) is 0 Å². The monoisotopic (exact) mass is 237 g/mol. The Morgan fingerprint density at radius 1 is 1.59 bits per heavy atom. The third kappa shape index (κ3) is 2.74. The number of nitrogens with one attached hydrogen (secondary N) is 1. The highest BCUT2D eigenvalue weighted by Gasteiger charge is 2.19. The Morgan fingerprint density at radius 2 is 2.35 bits per heavy atom. The highest BCUT2D eigenvalue weighted by atomic mass is 19.1. The number of amides is 1. The summed E-state index contributed by atoms with van der Waals surface area (Å²) in [6.07, 6.45) is 1.04. The number of carbonyl (C=O) groups excluding carboxylic acids is 1. The topological polar surface area (TPSA) is 58.4 Å². The van der Waals surface area contributed by atoms with Crippen LogP contribution in [0, 0.1) is 5.82 Å². The van der Waals surface area contributed by atoms with Gasteiger partial charge in [0.1, 0.15) is 5.82 Å². The van der Waals surface area contributed by atoms with Crippen LogP contribution in [-0.4, -0.2) is 37.0 Å². The van der Waals surface area contributed by atoms with Crippen LogP contribution >= 0.6 is 0 Å². The van der Waals surface area contributed by atoms with Crippen LogP contribution in [0.3, 0.4) is 0 Å². The van der Waals surface area contributed by atoms with E-state index in [1.165, 1.54) is 12.1 Å². The van der Waals surface area contributed by atoms with Crippen molar-refractivity contribution in [2.45, 2.75) is 12.5 Å². The predicted molar refractivity (Wildman–Crippen MR) is 64.4 cm³/mol. The van der Waals surface area contributed by atoms with Gasteiger partial charge < -0.3 is 16.0 Å². The molecule has 0 spiro atoms. The van der Waals surface area contributed by atoms with Gasteiger partial charge in [0, 0.05) is 18.3 Å². The Kier molecular flexibility index (Phi) is 3.28. The molecule has 17 heavy (non-hydrogen) atoms. The largest absolute Gasteiger partial charge is 0.381 e. The van der Waals surface area contributed by atoms with Crippen molar-refractivity contribution >= 4 is 11.6 Å². The lowest BCUT2D eigenvalue weighted by molar-refractivity contribution is 0.0996.